The Morgan fingerprint density at radius 2 is 2.32 bits per heavy atom. The Labute approximate surface area is 119 Å². The van der Waals surface area contributed by atoms with Gasteiger partial charge in [0.2, 0.25) is 5.91 Å². The summed E-state index contributed by atoms with van der Waals surface area (Å²) in [6.07, 6.45) is 2.98. The number of benzene rings is 1. The number of nitrogens with one attached hydrogen (secondary N) is 1. The van der Waals surface area contributed by atoms with E-state index < -0.39 is 0 Å². The molecule has 0 aliphatic carbocycles. The van der Waals surface area contributed by atoms with Gasteiger partial charge < -0.3 is 15.0 Å². The lowest BCUT2D eigenvalue weighted by molar-refractivity contribution is -0.120. The summed E-state index contributed by atoms with van der Waals surface area (Å²) in [5.74, 6) is 1.08. The Kier molecular flexibility index (Phi) is 4.32. The number of anilines is 1. The molecule has 2 heterocycles. The lowest BCUT2D eigenvalue weighted by Gasteiger charge is -2.21. The third kappa shape index (κ3) is 2.55. The number of nitrogens with zero attached hydrogens (tertiary/aromatic N) is 1. The van der Waals surface area contributed by atoms with E-state index in [0.717, 1.165) is 43.8 Å². The molecule has 1 amide bonds. The molecule has 104 valence electrons. The highest BCUT2D eigenvalue weighted by atomic mass is 35.5. The number of hydrogen-bond donors (Lipinski definition) is 1. The second-order valence-electron chi connectivity index (χ2n) is 4.88. The van der Waals surface area contributed by atoms with Crippen LogP contribution in [0.15, 0.2) is 18.2 Å². The van der Waals surface area contributed by atoms with Crippen molar-refractivity contribution in [2.75, 3.05) is 25.1 Å². The Morgan fingerprint density at radius 3 is 3.00 bits per heavy atom. The zero-order valence-electron chi connectivity index (χ0n) is 11.0. The maximum Gasteiger partial charge on any atom is 0.244 e. The standard InChI is InChI=1S/C14H18N2O2.ClH/c1-18-11-4-5-13-10(9-11)6-8-16(13)14(17)12-3-2-7-15-12;/h4-5,9,12,15H,2-3,6-8H2,1H3;1H. The number of amides is 1. The normalized spacial score (nSPS) is 20.9. The molecule has 0 aromatic heterocycles. The van der Waals surface area contributed by atoms with Crippen LogP contribution in [-0.4, -0.2) is 32.1 Å². The lowest BCUT2D eigenvalue weighted by Crippen LogP contribution is -2.42. The molecule has 0 radical (unpaired) electrons. The van der Waals surface area contributed by atoms with E-state index in [1.165, 1.54) is 5.56 Å². The molecule has 0 bridgehead atoms. The van der Waals surface area contributed by atoms with Gasteiger partial charge in [0.15, 0.2) is 0 Å². The van der Waals surface area contributed by atoms with E-state index in [2.05, 4.69) is 5.32 Å². The highest BCUT2D eigenvalue weighted by Gasteiger charge is 2.31. The van der Waals surface area contributed by atoms with Crippen molar-refractivity contribution in [2.24, 2.45) is 0 Å². The van der Waals surface area contributed by atoms with Crippen LogP contribution in [0, 0.1) is 0 Å². The van der Waals surface area contributed by atoms with Crippen LogP contribution < -0.4 is 15.0 Å². The van der Waals surface area contributed by atoms with Gasteiger partial charge >= 0.3 is 0 Å². The Bertz CT molecular complexity index is 473. The number of methoxy groups -OCH3 is 1. The van der Waals surface area contributed by atoms with Gasteiger partial charge in [0.25, 0.3) is 0 Å². The third-order valence-electron chi connectivity index (χ3n) is 3.81. The van der Waals surface area contributed by atoms with Gasteiger partial charge in [-0.1, -0.05) is 0 Å². The van der Waals surface area contributed by atoms with Crippen LogP contribution >= 0.6 is 12.4 Å². The smallest absolute Gasteiger partial charge is 0.244 e. The maximum atomic E-state index is 12.4. The first-order valence-electron chi connectivity index (χ1n) is 6.51. The second kappa shape index (κ2) is 5.80. The molecule has 1 aromatic rings. The van der Waals surface area contributed by atoms with Gasteiger partial charge in [0.1, 0.15) is 5.75 Å². The minimum Gasteiger partial charge on any atom is -0.497 e. The van der Waals surface area contributed by atoms with Gasteiger partial charge in [-0.05, 0) is 49.6 Å². The van der Waals surface area contributed by atoms with Crippen LogP contribution in [0.3, 0.4) is 0 Å². The number of rotatable bonds is 2. The first-order valence-corrected chi connectivity index (χ1v) is 6.51. The number of halogens is 1. The molecular weight excluding hydrogens is 264 g/mol. The molecule has 2 aliphatic rings. The quantitative estimate of drug-likeness (QED) is 0.899. The van der Waals surface area contributed by atoms with Crippen molar-refractivity contribution in [3.05, 3.63) is 23.8 Å². The number of carbonyl (C=O) groups is 1. The van der Waals surface area contributed by atoms with Crippen molar-refractivity contribution >= 4 is 24.0 Å². The Hall–Kier alpha value is -1.26. The van der Waals surface area contributed by atoms with Crippen molar-refractivity contribution in [1.29, 1.82) is 0 Å². The second-order valence-corrected chi connectivity index (χ2v) is 4.88. The fourth-order valence-electron chi connectivity index (χ4n) is 2.82. The molecule has 1 saturated heterocycles. The van der Waals surface area contributed by atoms with E-state index in [4.69, 9.17) is 4.74 Å². The third-order valence-corrected chi connectivity index (χ3v) is 3.81. The van der Waals surface area contributed by atoms with Gasteiger partial charge in [0, 0.05) is 12.2 Å². The van der Waals surface area contributed by atoms with Crippen molar-refractivity contribution < 1.29 is 9.53 Å². The van der Waals surface area contributed by atoms with Gasteiger partial charge in [-0.3, -0.25) is 4.79 Å². The minimum atomic E-state index is 0. The predicted octanol–water partition coefficient (Wildman–Crippen LogP) is 1.76. The molecule has 1 N–H and O–H groups in total. The van der Waals surface area contributed by atoms with E-state index in [1.54, 1.807) is 7.11 Å². The Balaban J connectivity index is 0.00000133. The summed E-state index contributed by atoms with van der Waals surface area (Å²) in [6.45, 7) is 1.75. The minimum absolute atomic E-state index is 0. The molecular formula is C14H19ClN2O2. The molecule has 4 nitrogen and oxygen atoms in total. The molecule has 1 aromatic carbocycles. The zero-order valence-corrected chi connectivity index (χ0v) is 11.8. The molecule has 0 spiro atoms. The number of ether oxygens (including phenoxy) is 1. The van der Waals surface area contributed by atoms with Crippen molar-refractivity contribution in [3.8, 4) is 5.75 Å². The van der Waals surface area contributed by atoms with Crippen LogP contribution in [0.25, 0.3) is 0 Å². The van der Waals surface area contributed by atoms with E-state index in [9.17, 15) is 4.79 Å². The maximum absolute atomic E-state index is 12.4. The number of hydrogen-bond acceptors (Lipinski definition) is 3. The van der Waals surface area contributed by atoms with Crippen molar-refractivity contribution in [2.45, 2.75) is 25.3 Å². The summed E-state index contributed by atoms with van der Waals surface area (Å²) in [6, 6.07) is 5.96. The molecule has 0 saturated carbocycles. The summed E-state index contributed by atoms with van der Waals surface area (Å²) in [7, 11) is 1.67. The zero-order chi connectivity index (χ0) is 12.5. The van der Waals surface area contributed by atoms with E-state index >= 15 is 0 Å². The highest BCUT2D eigenvalue weighted by molar-refractivity contribution is 5.99. The van der Waals surface area contributed by atoms with Crippen LogP contribution in [0.4, 0.5) is 5.69 Å². The topological polar surface area (TPSA) is 41.6 Å². The summed E-state index contributed by atoms with van der Waals surface area (Å²) in [5, 5.41) is 3.27. The van der Waals surface area contributed by atoms with Crippen LogP contribution in [0.2, 0.25) is 0 Å². The Morgan fingerprint density at radius 1 is 1.47 bits per heavy atom. The van der Waals surface area contributed by atoms with E-state index in [1.807, 2.05) is 23.1 Å². The number of fused-ring (bicyclic) bond motifs is 1. The fraction of sp³-hybridized carbons (Fsp3) is 0.500. The van der Waals surface area contributed by atoms with Crippen LogP contribution in [-0.2, 0) is 11.2 Å². The average molecular weight is 283 g/mol. The largest absolute Gasteiger partial charge is 0.497 e. The SMILES string of the molecule is COc1ccc2c(c1)CCN2C(=O)C1CCCN1.Cl. The molecule has 1 atom stereocenters. The molecule has 5 heteroatoms. The van der Waals surface area contributed by atoms with E-state index in [0.29, 0.717) is 0 Å². The van der Waals surface area contributed by atoms with Crippen molar-refractivity contribution in [1.82, 2.24) is 5.32 Å². The fourth-order valence-corrected chi connectivity index (χ4v) is 2.82. The van der Waals surface area contributed by atoms with E-state index in [-0.39, 0.29) is 24.4 Å². The first-order chi connectivity index (χ1) is 8.79. The van der Waals surface area contributed by atoms with Gasteiger partial charge in [-0.2, -0.15) is 0 Å². The van der Waals surface area contributed by atoms with Gasteiger partial charge in [-0.15, -0.1) is 12.4 Å². The summed E-state index contributed by atoms with van der Waals surface area (Å²) in [4.78, 5) is 14.3. The van der Waals surface area contributed by atoms with Crippen LogP contribution in [0.5, 0.6) is 5.75 Å². The highest BCUT2D eigenvalue weighted by Crippen LogP contribution is 2.32. The van der Waals surface area contributed by atoms with Crippen LogP contribution in [0.1, 0.15) is 18.4 Å². The van der Waals surface area contributed by atoms with Gasteiger partial charge in [-0.25, -0.2) is 0 Å². The molecule has 3 rings (SSSR count). The first kappa shape index (κ1) is 14.2. The predicted molar refractivity (Wildman–Crippen MR) is 77.3 cm³/mol. The van der Waals surface area contributed by atoms with Crippen molar-refractivity contribution in [3.63, 3.8) is 0 Å². The summed E-state index contributed by atoms with van der Waals surface area (Å²) in [5.41, 5.74) is 2.26. The monoisotopic (exact) mass is 282 g/mol. The summed E-state index contributed by atoms with van der Waals surface area (Å²) >= 11 is 0. The average Bonchev–Trinajstić information content (AvgIpc) is 3.06. The molecule has 2 aliphatic heterocycles. The lowest BCUT2D eigenvalue weighted by atomic mass is 10.1. The molecule has 1 unspecified atom stereocenters. The summed E-state index contributed by atoms with van der Waals surface area (Å²) < 4.78 is 5.22. The molecule has 19 heavy (non-hydrogen) atoms. The molecule has 1 fully saturated rings. The van der Waals surface area contributed by atoms with Gasteiger partial charge in [0.05, 0.1) is 13.2 Å². The number of carbonyl (C=O) groups excluding carboxylic acids is 1.